The second-order valence-electron chi connectivity index (χ2n) is 19.2. The van der Waals surface area contributed by atoms with Gasteiger partial charge in [-0.25, -0.2) is 4.79 Å². The summed E-state index contributed by atoms with van der Waals surface area (Å²) in [5.74, 6) is 1.59. The van der Waals surface area contributed by atoms with Crippen LogP contribution in [0, 0.1) is 5.92 Å². The fourth-order valence-electron chi connectivity index (χ4n) is 11.6. The van der Waals surface area contributed by atoms with Gasteiger partial charge in [0.1, 0.15) is 35.3 Å². The van der Waals surface area contributed by atoms with E-state index in [-0.39, 0.29) is 48.2 Å². The number of ketones is 1. The molecule has 15 nitrogen and oxygen atoms in total. The predicted molar refractivity (Wildman–Crippen MR) is 259 cm³/mol. The Hall–Kier alpha value is -7.13. The Labute approximate surface area is 407 Å². The van der Waals surface area contributed by atoms with Crippen molar-refractivity contribution in [1.82, 2.24) is 25.2 Å². The van der Waals surface area contributed by atoms with Crippen molar-refractivity contribution in [2.24, 2.45) is 5.92 Å². The van der Waals surface area contributed by atoms with E-state index in [1.165, 1.54) is 20.3 Å². The average Bonchev–Trinajstić information content (AvgIpc) is 3.94. The molecule has 1 unspecified atom stereocenters. The van der Waals surface area contributed by atoms with Gasteiger partial charge in [-0.05, 0) is 99.0 Å². The number of piperidine rings is 1. The van der Waals surface area contributed by atoms with Gasteiger partial charge in [0.15, 0.2) is 28.6 Å². The third-order valence-corrected chi connectivity index (χ3v) is 15.0. The number of likely N-dealkylation sites (N-methyl/N-ethyl adjacent to an activating group) is 1. The van der Waals surface area contributed by atoms with Crippen LogP contribution in [-0.2, 0) is 49.7 Å². The molecule has 0 saturated carbocycles. The summed E-state index contributed by atoms with van der Waals surface area (Å²) in [6.45, 7) is 2.37. The first kappa shape index (κ1) is 46.6. The van der Waals surface area contributed by atoms with E-state index >= 15 is 0 Å². The molecule has 2 aliphatic carbocycles. The number of unbranched alkanes of at least 4 members (excludes halogenated alkanes) is 7. The van der Waals surface area contributed by atoms with Gasteiger partial charge < -0.3 is 44.1 Å². The summed E-state index contributed by atoms with van der Waals surface area (Å²) in [6.07, 6.45) is 17.4. The van der Waals surface area contributed by atoms with E-state index in [2.05, 4.69) is 27.6 Å². The number of aromatic hydroxyl groups is 2. The lowest BCUT2D eigenvalue weighted by Gasteiger charge is -2.56. The first-order valence-electron chi connectivity index (χ1n) is 24.4. The van der Waals surface area contributed by atoms with Crippen molar-refractivity contribution in [3.8, 4) is 34.5 Å². The number of rotatable bonds is 18. The van der Waals surface area contributed by atoms with E-state index in [0.717, 1.165) is 81.1 Å². The molecule has 1 amide bonds. The summed E-state index contributed by atoms with van der Waals surface area (Å²) in [5, 5.41) is 33.5. The molecule has 0 radical (unpaired) electrons. The highest BCUT2D eigenvalue weighted by molar-refractivity contribution is 5.98. The lowest BCUT2D eigenvalue weighted by molar-refractivity contribution is -0.123. The molecular weight excluding hydrogens is 891 g/mol. The molecule has 15 heteroatoms. The zero-order valence-electron chi connectivity index (χ0n) is 39.9. The predicted octanol–water partition coefficient (Wildman–Crippen LogP) is 8.41. The number of carbonyl (C=O) groups excluding carboxylic acids is 3. The second kappa shape index (κ2) is 19.3. The number of aromatic nitrogens is 3. The van der Waals surface area contributed by atoms with Gasteiger partial charge >= 0.3 is 5.97 Å². The van der Waals surface area contributed by atoms with Gasteiger partial charge in [-0.3, -0.25) is 14.3 Å². The van der Waals surface area contributed by atoms with Gasteiger partial charge in [0.05, 0.1) is 26.0 Å². The minimum Gasteiger partial charge on any atom is -0.508 e. The molecule has 4 aromatic carbocycles. The highest BCUT2D eigenvalue weighted by Gasteiger charge is 2.57. The third kappa shape index (κ3) is 8.43. The van der Waals surface area contributed by atoms with E-state index in [1.54, 1.807) is 36.4 Å². The molecule has 1 saturated heterocycles. The van der Waals surface area contributed by atoms with Crippen LogP contribution >= 0.6 is 0 Å². The molecule has 3 N–H and O–H groups in total. The maximum atomic E-state index is 13.2. The van der Waals surface area contributed by atoms with Gasteiger partial charge in [0.2, 0.25) is 5.91 Å². The summed E-state index contributed by atoms with van der Waals surface area (Å²) < 4.78 is 31.5. The van der Waals surface area contributed by atoms with Crippen molar-refractivity contribution in [3.05, 3.63) is 135 Å². The Balaban J connectivity index is 0.641. The van der Waals surface area contributed by atoms with E-state index < -0.39 is 17.0 Å². The minimum absolute atomic E-state index is 0.00264. The largest absolute Gasteiger partial charge is 0.508 e. The van der Waals surface area contributed by atoms with Crippen LogP contribution < -0.4 is 19.5 Å². The van der Waals surface area contributed by atoms with Crippen molar-refractivity contribution in [3.63, 3.8) is 0 Å². The van der Waals surface area contributed by atoms with Crippen LogP contribution in [0.25, 0.3) is 6.08 Å². The quantitative estimate of drug-likeness (QED) is 0.0433. The highest BCUT2D eigenvalue weighted by atomic mass is 16.6. The number of carbonyl (C=O) groups is 3. The summed E-state index contributed by atoms with van der Waals surface area (Å²) in [7, 11) is 5.17. The van der Waals surface area contributed by atoms with Crippen LogP contribution in [-0.4, -0.2) is 88.2 Å². The fraction of sp³-hybridized carbons (Fsp3) is 0.400. The van der Waals surface area contributed by atoms with Crippen LogP contribution in [0.15, 0.2) is 90.8 Å². The number of fused-ring (bicyclic) bond motifs is 7. The number of aryl methyl sites for hydroxylation is 1. The molecule has 1 aromatic heterocycles. The molecule has 2 bridgehead atoms. The summed E-state index contributed by atoms with van der Waals surface area (Å²) in [4.78, 5) is 41.7. The number of amides is 1. The summed E-state index contributed by atoms with van der Waals surface area (Å²) >= 11 is 0. The maximum Gasteiger partial charge on any atom is 0.340 e. The Morgan fingerprint density at radius 3 is 2.47 bits per heavy atom. The van der Waals surface area contributed by atoms with Crippen molar-refractivity contribution in [1.29, 1.82) is 0 Å². The topological polar surface area (TPSA) is 184 Å². The molecule has 70 heavy (non-hydrogen) atoms. The van der Waals surface area contributed by atoms with Crippen LogP contribution in [0.5, 0.6) is 34.5 Å². The molecule has 10 rings (SSSR count). The highest BCUT2D eigenvalue weighted by Crippen LogP contribution is 2.59. The molecule has 5 aromatic rings. The van der Waals surface area contributed by atoms with Crippen LogP contribution in [0.4, 0.5) is 0 Å². The maximum absolute atomic E-state index is 13.2. The number of methoxy groups -OCH3 is 2. The van der Waals surface area contributed by atoms with Gasteiger partial charge in [0, 0.05) is 77.3 Å². The van der Waals surface area contributed by atoms with E-state index in [9.17, 15) is 24.6 Å². The van der Waals surface area contributed by atoms with Crippen molar-refractivity contribution < 1.29 is 48.3 Å². The minimum atomic E-state index is -1.22. The molecule has 1 fully saturated rings. The number of esters is 1. The summed E-state index contributed by atoms with van der Waals surface area (Å²) in [6, 6.07) is 19.5. The smallest absolute Gasteiger partial charge is 0.340 e. The summed E-state index contributed by atoms with van der Waals surface area (Å²) in [5.41, 5.74) is 3.95. The Kier molecular flexibility index (Phi) is 12.9. The van der Waals surface area contributed by atoms with E-state index in [4.69, 9.17) is 23.7 Å². The number of phenolic OH excluding ortho intramolecular Hbond substituents is 2. The number of nitrogens with zero attached hydrogens (tertiary/aromatic N) is 4. The third-order valence-electron chi connectivity index (χ3n) is 15.0. The van der Waals surface area contributed by atoms with Gasteiger partial charge in [-0.2, -0.15) is 0 Å². The lowest BCUT2D eigenvalue weighted by atomic mass is 9.53. The SMILES string of the molecule is COC1=C[C@H]2[C@H]3Cc4c(/C=C/C(=O)NCCCCCCCCCCn5cc(COc6ccc7c(c6)Oc6cc(O)ccc6C76OC(=O)c7ccccc76)nn5)cc(OC)c(O)c4[C@@]2(CCN3C)CC1=O. The van der Waals surface area contributed by atoms with Crippen molar-refractivity contribution in [2.45, 2.75) is 101 Å². The number of likely N-dealkylation sites (tertiary alicyclic amines) is 1. The van der Waals surface area contributed by atoms with Gasteiger partial charge in [0.25, 0.3) is 0 Å². The molecule has 4 atom stereocenters. The molecule has 5 aliphatic rings. The molecule has 1 spiro atoms. The van der Waals surface area contributed by atoms with Gasteiger partial charge in [-0.1, -0.05) is 61.9 Å². The number of hydrogen-bond acceptors (Lipinski definition) is 13. The molecule has 364 valence electrons. The van der Waals surface area contributed by atoms with E-state index in [1.807, 2.05) is 53.4 Å². The first-order valence-corrected chi connectivity index (χ1v) is 24.4. The Morgan fingerprint density at radius 1 is 0.914 bits per heavy atom. The molecule has 3 aliphatic heterocycles. The number of phenols is 2. The van der Waals surface area contributed by atoms with Crippen LogP contribution in [0.1, 0.15) is 114 Å². The number of benzene rings is 4. The molecular formula is C55H59N5O10. The monoisotopic (exact) mass is 949 g/mol. The Morgan fingerprint density at radius 2 is 1.67 bits per heavy atom. The lowest BCUT2D eigenvalue weighted by Crippen LogP contribution is -2.60. The average molecular weight is 950 g/mol. The number of hydrogen-bond donors (Lipinski definition) is 3. The second-order valence-corrected chi connectivity index (χ2v) is 19.2. The van der Waals surface area contributed by atoms with Crippen molar-refractivity contribution in [2.75, 3.05) is 34.4 Å². The number of nitrogens with one attached hydrogen (secondary N) is 1. The van der Waals surface area contributed by atoms with Crippen molar-refractivity contribution >= 4 is 23.7 Å². The zero-order valence-corrected chi connectivity index (χ0v) is 39.9. The zero-order chi connectivity index (χ0) is 48.6. The van der Waals surface area contributed by atoms with E-state index in [0.29, 0.717) is 76.1 Å². The van der Waals surface area contributed by atoms with Crippen LogP contribution in [0.2, 0.25) is 0 Å². The van der Waals surface area contributed by atoms with Crippen LogP contribution in [0.3, 0.4) is 0 Å². The standard InChI is InChI=1S/C55H59N5O10/c1-59-25-22-54-31-45(62)48(66-2)30-43(54)44(59)29-39-34(26-49(67-3)52(64)51(39)54)16-21-50(63)56-23-12-8-6-4-5-7-9-13-24-60-32-35(57-58-60)33-68-37-18-20-42-47(28-37)69-46-27-36(61)17-19-41(46)55(42)40-15-11-10-14-38(40)53(65)70-55/h10-11,14-21,26-28,30,32,43-44,61,64H,4-9,12-13,22-25,29,31,33H2,1-3H3,(H,56,63)/b21-16+/t43-,44+,54-,55?/m0/s1. The molecule has 4 heterocycles. The number of Topliss-reactive ketones (excluding diaryl/α,β-unsaturated/α-hetero) is 1. The normalized spacial score (nSPS) is 21.7. The number of ether oxygens (including phenoxy) is 5. The van der Waals surface area contributed by atoms with Gasteiger partial charge in [-0.15, -0.1) is 5.10 Å². The number of allylic oxidation sites excluding steroid dienone is 1. The fourth-order valence-corrected chi connectivity index (χ4v) is 11.6. The first-order chi connectivity index (χ1) is 34.0. The Bertz CT molecular complexity index is 2910.